The van der Waals surface area contributed by atoms with Gasteiger partial charge in [0.2, 0.25) is 5.95 Å². The van der Waals surface area contributed by atoms with E-state index in [9.17, 15) is 0 Å². The Bertz CT molecular complexity index is 3420. The number of furan rings is 1. The average molecular weight is 704 g/mol. The summed E-state index contributed by atoms with van der Waals surface area (Å²) in [5.74, 6) is 0.608. The van der Waals surface area contributed by atoms with Gasteiger partial charge in [0, 0.05) is 32.5 Å². The fraction of sp³-hybridized carbons (Fsp3) is 0.0588. The van der Waals surface area contributed by atoms with E-state index in [1.165, 1.54) is 38.1 Å². The highest BCUT2D eigenvalue weighted by Gasteiger charge is 2.42. The lowest BCUT2D eigenvalue weighted by atomic mass is 9.71. The predicted molar refractivity (Wildman–Crippen MR) is 229 cm³/mol. The van der Waals surface area contributed by atoms with Crippen LogP contribution in [0.5, 0.6) is 0 Å². The van der Waals surface area contributed by atoms with Crippen LogP contribution in [0.25, 0.3) is 87.2 Å². The minimum atomic E-state index is -0.368. The van der Waals surface area contributed by atoms with Gasteiger partial charge in [-0.05, 0) is 61.0 Å². The summed E-state index contributed by atoms with van der Waals surface area (Å²) in [5.41, 5.74) is 8.69. The van der Waals surface area contributed by atoms with Gasteiger partial charge in [0.15, 0.2) is 5.58 Å². The van der Waals surface area contributed by atoms with Crippen LogP contribution in [0, 0.1) is 0 Å². The van der Waals surface area contributed by atoms with Crippen LogP contribution in [0.4, 0.5) is 17.3 Å². The summed E-state index contributed by atoms with van der Waals surface area (Å²) in [5, 5.41) is 12.6. The predicted octanol–water partition coefficient (Wildman–Crippen LogP) is 13.9. The molecule has 0 N–H and O–H groups in total. The van der Waals surface area contributed by atoms with Crippen LogP contribution in [0.2, 0.25) is 0 Å². The Kier molecular flexibility index (Phi) is 6.09. The molecule has 55 heavy (non-hydrogen) atoms. The van der Waals surface area contributed by atoms with E-state index >= 15 is 0 Å². The smallest absolute Gasteiger partial charge is 0.235 e. The van der Waals surface area contributed by atoms with Crippen molar-refractivity contribution in [1.29, 1.82) is 0 Å². The van der Waals surface area contributed by atoms with E-state index in [4.69, 9.17) is 14.4 Å². The summed E-state index contributed by atoms with van der Waals surface area (Å²) in [7, 11) is 0. The molecule has 0 saturated heterocycles. The van der Waals surface area contributed by atoms with Crippen LogP contribution in [0.3, 0.4) is 0 Å². The van der Waals surface area contributed by atoms with Crippen molar-refractivity contribution in [3.8, 4) is 11.3 Å². The van der Waals surface area contributed by atoms with E-state index in [0.29, 0.717) is 5.95 Å². The van der Waals surface area contributed by atoms with Crippen molar-refractivity contribution in [2.75, 3.05) is 4.90 Å². The molecule has 3 heterocycles. The number of hydrogen-bond donors (Lipinski definition) is 0. The molecule has 0 fully saturated rings. The minimum Gasteiger partial charge on any atom is -0.454 e. The van der Waals surface area contributed by atoms with Crippen molar-refractivity contribution in [2.45, 2.75) is 19.3 Å². The van der Waals surface area contributed by atoms with Gasteiger partial charge in [0.1, 0.15) is 5.58 Å². The third-order valence-corrected chi connectivity index (χ3v) is 12.0. The molecule has 1 aliphatic heterocycles. The lowest BCUT2D eigenvalue weighted by Crippen LogP contribution is -2.32. The first-order chi connectivity index (χ1) is 27.1. The summed E-state index contributed by atoms with van der Waals surface area (Å²) in [6.07, 6.45) is 0. The summed E-state index contributed by atoms with van der Waals surface area (Å²) in [4.78, 5) is 13.8. The standard InChI is InChI=1S/C51H33N3O/c1-51(2)40-27-12-13-28-41(40)54(48-45(51)36-23-9-8-22-35(36)43-39-25-11-14-29-42(39)55-49(43)48)50-52-46(37-26-15-17-30-16-3-4-18-31(30)37)44-34-21-7-5-19-32(34)33-20-6-10-24-38(33)47(44)53-50/h3-29H,1-2H3. The largest absolute Gasteiger partial charge is 0.454 e. The summed E-state index contributed by atoms with van der Waals surface area (Å²) < 4.78 is 7.01. The van der Waals surface area contributed by atoms with Crippen LogP contribution < -0.4 is 4.90 Å². The molecular weight excluding hydrogens is 671 g/mol. The van der Waals surface area contributed by atoms with Crippen molar-refractivity contribution >= 4 is 93.3 Å². The minimum absolute atomic E-state index is 0.368. The molecule has 0 bridgehead atoms. The van der Waals surface area contributed by atoms with E-state index < -0.39 is 0 Å². The average Bonchev–Trinajstić information content (AvgIpc) is 3.63. The number of aromatic nitrogens is 2. The second kappa shape index (κ2) is 11.0. The zero-order valence-corrected chi connectivity index (χ0v) is 30.3. The fourth-order valence-electron chi connectivity index (χ4n) is 9.63. The van der Waals surface area contributed by atoms with Crippen LogP contribution in [0.1, 0.15) is 25.0 Å². The molecule has 9 aromatic carbocycles. The van der Waals surface area contributed by atoms with Gasteiger partial charge in [-0.15, -0.1) is 0 Å². The molecular formula is C51H33N3O. The number of rotatable bonds is 2. The summed E-state index contributed by atoms with van der Waals surface area (Å²) in [6.45, 7) is 4.68. The van der Waals surface area contributed by atoms with Gasteiger partial charge in [0.25, 0.3) is 0 Å². The number of fused-ring (bicyclic) bond motifs is 16. The Morgan fingerprint density at radius 3 is 1.87 bits per heavy atom. The molecule has 258 valence electrons. The molecule has 0 saturated carbocycles. The molecule has 4 heteroatoms. The monoisotopic (exact) mass is 703 g/mol. The first-order valence-electron chi connectivity index (χ1n) is 18.9. The Hall–Kier alpha value is -7.04. The Morgan fingerprint density at radius 2 is 1.07 bits per heavy atom. The van der Waals surface area contributed by atoms with Crippen molar-refractivity contribution < 1.29 is 4.42 Å². The number of anilines is 3. The van der Waals surface area contributed by atoms with Crippen molar-refractivity contribution in [3.63, 3.8) is 0 Å². The van der Waals surface area contributed by atoms with Gasteiger partial charge < -0.3 is 4.42 Å². The molecule has 4 nitrogen and oxygen atoms in total. The fourth-order valence-corrected chi connectivity index (χ4v) is 9.63. The normalized spacial score (nSPS) is 13.7. The summed E-state index contributed by atoms with van der Waals surface area (Å²) in [6, 6.07) is 58.4. The van der Waals surface area contributed by atoms with E-state index in [0.717, 1.165) is 71.6 Å². The van der Waals surface area contributed by atoms with Crippen molar-refractivity contribution in [1.82, 2.24) is 9.97 Å². The van der Waals surface area contributed by atoms with E-state index in [1.54, 1.807) is 0 Å². The Balaban J connectivity index is 1.31. The van der Waals surface area contributed by atoms with E-state index in [1.807, 2.05) is 0 Å². The van der Waals surface area contributed by atoms with Crippen LogP contribution >= 0.6 is 0 Å². The number of para-hydroxylation sites is 2. The molecule has 0 radical (unpaired) electrons. The maximum absolute atomic E-state index is 7.01. The zero-order chi connectivity index (χ0) is 36.4. The van der Waals surface area contributed by atoms with Crippen molar-refractivity contribution in [2.24, 2.45) is 0 Å². The molecule has 1 aliphatic rings. The highest BCUT2D eigenvalue weighted by Crippen LogP contribution is 2.58. The lowest BCUT2D eigenvalue weighted by Gasteiger charge is -2.41. The number of benzene rings is 9. The van der Waals surface area contributed by atoms with Crippen LogP contribution in [-0.2, 0) is 5.41 Å². The molecule has 0 amide bonds. The Labute approximate surface area is 316 Å². The van der Waals surface area contributed by atoms with Gasteiger partial charge in [-0.1, -0.05) is 166 Å². The summed E-state index contributed by atoms with van der Waals surface area (Å²) >= 11 is 0. The molecule has 0 spiro atoms. The quantitative estimate of drug-likeness (QED) is 0.168. The SMILES string of the molecule is CC1(C)c2ccccc2N(c2nc(-c3cccc4ccccc34)c3c4ccccc4c4ccccc4c3n2)c2c1c1ccccc1c1c2oc2ccccc21. The zero-order valence-electron chi connectivity index (χ0n) is 30.3. The van der Waals surface area contributed by atoms with Gasteiger partial charge in [0.05, 0.1) is 22.6 Å². The highest BCUT2D eigenvalue weighted by atomic mass is 16.3. The number of hydrogen-bond acceptors (Lipinski definition) is 4. The van der Waals surface area contributed by atoms with Gasteiger partial charge in [-0.2, -0.15) is 0 Å². The highest BCUT2D eigenvalue weighted by molar-refractivity contribution is 6.28. The molecule has 0 unspecified atom stereocenters. The van der Waals surface area contributed by atoms with Crippen molar-refractivity contribution in [3.05, 3.63) is 175 Å². The first kappa shape index (κ1) is 30.4. The van der Waals surface area contributed by atoms with Gasteiger partial charge in [-0.3, -0.25) is 4.90 Å². The topological polar surface area (TPSA) is 42.2 Å². The van der Waals surface area contributed by atoms with Gasteiger partial charge in [-0.25, -0.2) is 9.97 Å². The third-order valence-electron chi connectivity index (χ3n) is 12.0. The second-order valence-corrected chi connectivity index (χ2v) is 15.3. The van der Waals surface area contributed by atoms with E-state index in [2.05, 4.69) is 183 Å². The first-order valence-corrected chi connectivity index (χ1v) is 18.9. The van der Waals surface area contributed by atoms with E-state index in [-0.39, 0.29) is 5.41 Å². The van der Waals surface area contributed by atoms with Gasteiger partial charge >= 0.3 is 0 Å². The number of nitrogens with zero attached hydrogens (tertiary/aromatic N) is 3. The third kappa shape index (κ3) is 4.06. The lowest BCUT2D eigenvalue weighted by molar-refractivity contribution is 0.628. The Morgan fingerprint density at radius 1 is 0.491 bits per heavy atom. The second-order valence-electron chi connectivity index (χ2n) is 15.3. The molecule has 0 atom stereocenters. The maximum Gasteiger partial charge on any atom is 0.235 e. The maximum atomic E-state index is 7.01. The molecule has 0 aliphatic carbocycles. The van der Waals surface area contributed by atoms with Crippen LogP contribution in [-0.4, -0.2) is 9.97 Å². The van der Waals surface area contributed by atoms with Crippen LogP contribution in [0.15, 0.2) is 168 Å². The molecule has 12 rings (SSSR count). The molecule has 11 aromatic rings. The molecule has 2 aromatic heterocycles.